The van der Waals surface area contributed by atoms with Crippen LogP contribution in [0.2, 0.25) is 0 Å². The molecule has 0 aromatic carbocycles. The van der Waals surface area contributed by atoms with E-state index in [0.717, 1.165) is 60.9 Å². The Morgan fingerprint density at radius 2 is 0.590 bits per heavy atom. The molecule has 8 aliphatic carbocycles. The molecular formula is C84H183N3O8S5. The number of rotatable bonds is 0. The Bertz CT molecular complexity index is 1770. The number of sulfonamides is 3. The first-order valence-corrected chi connectivity index (χ1v) is 51.0. The summed E-state index contributed by atoms with van der Waals surface area (Å²) in [7, 11) is -8.79. The second-order valence-corrected chi connectivity index (χ2v) is 33.7. The van der Waals surface area contributed by atoms with Crippen molar-refractivity contribution in [3.8, 4) is 0 Å². The summed E-state index contributed by atoms with van der Waals surface area (Å²) >= 11 is 4.10. The van der Waals surface area contributed by atoms with Crippen molar-refractivity contribution in [1.29, 1.82) is 0 Å². The number of hydrogen-bond donors (Lipinski definition) is 3. The molecule has 11 aliphatic heterocycles. The van der Waals surface area contributed by atoms with Crippen molar-refractivity contribution in [2.45, 2.75) is 506 Å². The molecule has 19 rings (SSSR count). The van der Waals surface area contributed by atoms with Crippen molar-refractivity contribution < 1.29 is 34.7 Å². The molecule has 11 saturated heterocycles. The first-order valence-electron chi connectivity index (χ1n) is 44.5. The van der Waals surface area contributed by atoms with Crippen molar-refractivity contribution in [1.82, 2.24) is 14.2 Å². The average Bonchev–Trinajstić information content (AvgIpc) is 1.60. The monoisotopic (exact) mass is 1520 g/mol. The summed E-state index contributed by atoms with van der Waals surface area (Å²) in [4.78, 5) is 0. The van der Waals surface area contributed by atoms with Gasteiger partial charge < -0.3 is 9.47 Å². The van der Waals surface area contributed by atoms with E-state index in [-0.39, 0.29) is 40.0 Å². The SMILES string of the molecule is C1CC2CCC1C2.C1CC2CCC1CC2.C1CC2CCC1O2.C1CC2CCC1S2.C1CCCCC1.CC.CC.CC.CC.CC.CC.CC.CC.CC.CC.CC.CC.CC.CC.CC.CC.O=S1(=O)NC2CC3CC1C2O3.O=S1(=O)NC2CC3CC1C2S3.O=S1(=O)NC2CC3CC2C1C3. The first-order chi connectivity index (χ1) is 48.8. The minimum atomic E-state index is -3.01. The van der Waals surface area contributed by atoms with Gasteiger partial charge in [-0.1, -0.05) is 324 Å². The second kappa shape index (κ2) is 69.8. The third-order valence-electron chi connectivity index (χ3n) is 20.2. The largest absolute Gasteiger partial charge is 0.375 e. The van der Waals surface area contributed by atoms with Crippen molar-refractivity contribution in [2.24, 2.45) is 35.5 Å². The highest BCUT2D eigenvalue weighted by Crippen LogP contribution is 2.53. The summed E-state index contributed by atoms with van der Waals surface area (Å²) in [6.45, 7) is 64.0. The van der Waals surface area contributed by atoms with Gasteiger partial charge >= 0.3 is 0 Å². The van der Waals surface area contributed by atoms with Crippen molar-refractivity contribution in [2.75, 3.05) is 0 Å². The number of fused-ring (bicyclic) bond motifs is 12. The van der Waals surface area contributed by atoms with Crippen LogP contribution in [0.4, 0.5) is 0 Å². The summed E-state index contributed by atoms with van der Waals surface area (Å²) in [6.07, 6.45) is 45.9. The van der Waals surface area contributed by atoms with Crippen LogP contribution in [0.1, 0.15) is 427 Å². The van der Waals surface area contributed by atoms with E-state index >= 15 is 0 Å². The molecule has 19 aliphatic rings. The smallest absolute Gasteiger partial charge is 0.217 e. The normalized spacial score (nSPS) is 34.9. The van der Waals surface area contributed by atoms with Crippen LogP contribution in [0.15, 0.2) is 0 Å². The molecule has 612 valence electrons. The van der Waals surface area contributed by atoms with E-state index in [0.29, 0.717) is 47.0 Å². The quantitative estimate of drug-likeness (QED) is 0.213. The molecule has 12 atom stereocenters. The van der Waals surface area contributed by atoms with Crippen molar-refractivity contribution >= 4 is 53.6 Å². The number of nitrogens with one attached hydrogen (secondary N) is 3. The molecule has 11 heterocycles. The lowest BCUT2D eigenvalue weighted by Crippen LogP contribution is -2.29. The first kappa shape index (κ1) is 111. The number of hydrogen-bond acceptors (Lipinski definition) is 10. The molecule has 3 N–H and O–H groups in total. The minimum absolute atomic E-state index is 0.0220. The molecule has 0 amide bonds. The predicted octanol–water partition coefficient (Wildman–Crippen LogP) is 26.2. The molecule has 19 fully saturated rings. The lowest BCUT2D eigenvalue weighted by molar-refractivity contribution is 0.103. The third kappa shape index (κ3) is 38.1. The van der Waals surface area contributed by atoms with Crippen LogP contribution in [-0.2, 0) is 39.5 Å². The van der Waals surface area contributed by atoms with Gasteiger partial charge in [0.15, 0.2) is 0 Å². The maximum absolute atomic E-state index is 11.4. The Labute approximate surface area is 639 Å². The fourth-order valence-corrected chi connectivity index (χ4v) is 26.7. The molecule has 100 heavy (non-hydrogen) atoms. The van der Waals surface area contributed by atoms with E-state index in [4.69, 9.17) is 9.47 Å². The van der Waals surface area contributed by atoms with E-state index in [1.54, 1.807) is 70.6 Å². The Morgan fingerprint density at radius 1 is 0.250 bits per heavy atom. The second-order valence-electron chi connectivity index (χ2n) is 24.8. The Morgan fingerprint density at radius 3 is 0.820 bits per heavy atom. The lowest BCUT2D eigenvalue weighted by Gasteiger charge is -2.35. The van der Waals surface area contributed by atoms with Gasteiger partial charge in [0, 0.05) is 33.1 Å². The highest BCUT2D eigenvalue weighted by atomic mass is 32.2. The van der Waals surface area contributed by atoms with Crippen LogP contribution in [0.3, 0.4) is 0 Å². The lowest BCUT2D eigenvalue weighted by atomic mass is 9.71. The van der Waals surface area contributed by atoms with Crippen LogP contribution in [0.25, 0.3) is 0 Å². The molecule has 14 bridgehead atoms. The van der Waals surface area contributed by atoms with Gasteiger partial charge in [0.1, 0.15) is 5.25 Å². The van der Waals surface area contributed by atoms with Gasteiger partial charge in [0.05, 0.1) is 41.0 Å². The third-order valence-corrected chi connectivity index (χ3v) is 29.6. The maximum atomic E-state index is 11.4. The van der Waals surface area contributed by atoms with Gasteiger partial charge in [-0.25, -0.2) is 39.4 Å². The molecule has 0 aromatic heterocycles. The zero-order valence-corrected chi connectivity index (χ0v) is 77.1. The summed E-state index contributed by atoms with van der Waals surface area (Å²) in [5, 5.41) is 2.86. The van der Waals surface area contributed by atoms with Crippen LogP contribution in [0, 0.1) is 35.5 Å². The molecular weight excluding hydrogens is 1340 g/mol. The Balaban J connectivity index is -0.000000240. The predicted molar refractivity (Wildman–Crippen MR) is 457 cm³/mol. The van der Waals surface area contributed by atoms with E-state index in [9.17, 15) is 25.3 Å². The molecule has 8 saturated carbocycles. The van der Waals surface area contributed by atoms with E-state index < -0.39 is 30.1 Å². The summed E-state index contributed by atoms with van der Waals surface area (Å²) < 4.78 is 87.1. The van der Waals surface area contributed by atoms with Crippen molar-refractivity contribution in [3.63, 3.8) is 0 Å². The van der Waals surface area contributed by atoms with Gasteiger partial charge in [0.2, 0.25) is 30.1 Å². The fraction of sp³-hybridized carbons (Fsp3) is 1.00. The van der Waals surface area contributed by atoms with Gasteiger partial charge in [-0.05, 0) is 138 Å². The van der Waals surface area contributed by atoms with E-state index in [1.165, 1.54) is 102 Å². The van der Waals surface area contributed by atoms with Gasteiger partial charge in [-0.2, -0.15) is 23.5 Å². The number of thioether (sulfide) groups is 2. The fourth-order valence-electron chi connectivity index (χ4n) is 16.5. The van der Waals surface area contributed by atoms with E-state index in [2.05, 4.69) is 25.9 Å². The topological polar surface area (TPSA) is 157 Å². The number of ether oxygens (including phenoxy) is 2. The average molecular weight is 1520 g/mol. The highest BCUT2D eigenvalue weighted by Gasteiger charge is 2.60. The minimum Gasteiger partial charge on any atom is -0.375 e. The van der Waals surface area contributed by atoms with E-state index in [1.807, 2.05) is 233 Å². The zero-order valence-electron chi connectivity index (χ0n) is 73.0. The highest BCUT2D eigenvalue weighted by molar-refractivity contribution is 8.03. The zero-order chi connectivity index (χ0) is 78.6. The molecule has 0 aromatic rings. The molecule has 0 spiro atoms. The van der Waals surface area contributed by atoms with Crippen molar-refractivity contribution in [3.05, 3.63) is 0 Å². The van der Waals surface area contributed by atoms with Gasteiger partial charge in [-0.15, -0.1) is 0 Å². The summed E-state index contributed by atoms with van der Waals surface area (Å²) in [5.74, 6) is 5.82. The van der Waals surface area contributed by atoms with Crippen LogP contribution >= 0.6 is 23.5 Å². The van der Waals surface area contributed by atoms with Gasteiger partial charge in [0.25, 0.3) is 0 Å². The molecule has 12 unspecified atom stereocenters. The summed E-state index contributed by atoms with van der Waals surface area (Å²) in [5.41, 5.74) is 0. The summed E-state index contributed by atoms with van der Waals surface area (Å²) in [6, 6.07) is 0.668. The standard InChI is InChI=1S/C8H14.C7H11NO2S.C7H12.C6H9NO3S.C6H9NO2S2.C6H10O.C6H10S.C6H12.16C2H6/c1-2-8-5-3-7(1)4-6-8;9-11(10)7-3-4-1-5(7)6(2-4)8-11;1-2-7-4-3-6(1)5-7;2*8-11(9)5-2-3-1-4(7-11)6(5)10-3;2*1-2-6-4-3-5(1)7-6;1-2-4-6-5-3-1;16*1-2/h7-8H,1-6H2;4-8H,1-3H2;6-7H,1-5H2;2*3-7H,1-2H2;2*5-6H,1-4H2;1-6H2;16*1-2H3. The molecule has 11 nitrogen and oxygen atoms in total. The molecule has 0 radical (unpaired) electrons. The van der Waals surface area contributed by atoms with Crippen LogP contribution in [0.5, 0.6) is 0 Å². The maximum Gasteiger partial charge on any atom is 0.217 e. The van der Waals surface area contributed by atoms with Crippen LogP contribution < -0.4 is 14.2 Å². The van der Waals surface area contributed by atoms with Crippen LogP contribution in [-0.4, -0.2) is 105 Å². The molecule has 16 heteroatoms. The van der Waals surface area contributed by atoms with Gasteiger partial charge in [-0.3, -0.25) is 0 Å². The Kier molecular flexibility index (Phi) is 77.6. The Hall–Kier alpha value is 0.350.